The quantitative estimate of drug-likeness (QED) is 0.182. The van der Waals surface area contributed by atoms with Crippen molar-refractivity contribution in [3.05, 3.63) is 86.3 Å². The zero-order chi connectivity index (χ0) is 31.7. The molecule has 1 atom stereocenters. The molecule has 0 aromatic heterocycles. The molecule has 12 heteroatoms. The Hall–Kier alpha value is -2.79. The number of benzene rings is 3. The lowest BCUT2D eigenvalue weighted by Gasteiger charge is -2.33. The van der Waals surface area contributed by atoms with E-state index in [4.69, 9.17) is 27.9 Å². The van der Waals surface area contributed by atoms with Gasteiger partial charge < -0.3 is 15.0 Å². The summed E-state index contributed by atoms with van der Waals surface area (Å²) in [7, 11) is -2.76. The highest BCUT2D eigenvalue weighted by Gasteiger charge is 2.34. The molecule has 1 unspecified atom stereocenters. The van der Waals surface area contributed by atoms with Gasteiger partial charge in [0.15, 0.2) is 0 Å². The fourth-order valence-electron chi connectivity index (χ4n) is 4.43. The number of hydrogen-bond donors (Lipinski definition) is 1. The fourth-order valence-corrected chi connectivity index (χ4v) is 7.04. The molecule has 3 aromatic carbocycles. The van der Waals surface area contributed by atoms with Gasteiger partial charge in [0.25, 0.3) is 10.0 Å². The number of hydrogen-bond acceptors (Lipinski definition) is 5. The molecule has 3 rings (SSSR count). The lowest BCUT2D eigenvalue weighted by molar-refractivity contribution is -0.140. The Morgan fingerprint density at radius 2 is 1.72 bits per heavy atom. The Labute approximate surface area is 272 Å². The third-order valence-corrected chi connectivity index (χ3v) is 9.86. The average Bonchev–Trinajstić information content (AvgIpc) is 2.97. The van der Waals surface area contributed by atoms with Gasteiger partial charge in [0.2, 0.25) is 11.8 Å². The molecule has 0 aliphatic carbocycles. The van der Waals surface area contributed by atoms with E-state index in [1.165, 1.54) is 30.2 Å². The maximum absolute atomic E-state index is 14.2. The number of unbranched alkanes of at least 4 members (excludes halogenated alkanes) is 1. The number of carbonyl (C=O) groups excluding carboxylic acids is 2. The second kappa shape index (κ2) is 15.8. The summed E-state index contributed by atoms with van der Waals surface area (Å²) in [5, 5.41) is 3.67. The molecule has 0 fully saturated rings. The number of carbonyl (C=O) groups is 2. The lowest BCUT2D eigenvalue weighted by atomic mass is 10.1. The van der Waals surface area contributed by atoms with Crippen LogP contribution in [0.25, 0.3) is 0 Å². The molecular formula is C31H36BrCl2N3O5S. The van der Waals surface area contributed by atoms with Gasteiger partial charge in [0, 0.05) is 23.1 Å². The molecule has 0 radical (unpaired) electrons. The van der Waals surface area contributed by atoms with Gasteiger partial charge in [-0.1, -0.05) is 67.2 Å². The molecule has 232 valence electrons. The molecule has 0 spiro atoms. The van der Waals surface area contributed by atoms with Crippen molar-refractivity contribution in [2.75, 3.05) is 24.5 Å². The van der Waals surface area contributed by atoms with Gasteiger partial charge in [-0.25, -0.2) is 8.42 Å². The molecule has 43 heavy (non-hydrogen) atoms. The predicted octanol–water partition coefficient (Wildman–Crippen LogP) is 6.99. The maximum Gasteiger partial charge on any atom is 0.264 e. The van der Waals surface area contributed by atoms with Crippen LogP contribution in [0, 0.1) is 6.92 Å². The van der Waals surface area contributed by atoms with Crippen molar-refractivity contribution in [2.24, 2.45) is 0 Å². The SMILES string of the molecule is CCCCNC(=O)C(CC)N(Cc1ccc(Cl)cc1Cl)C(=O)CN(c1ccc(C)cc1)S(=O)(=O)c1ccc(OC)c(Br)c1. The molecular weight excluding hydrogens is 677 g/mol. The predicted molar refractivity (Wildman–Crippen MR) is 175 cm³/mol. The molecule has 0 bridgehead atoms. The third-order valence-electron chi connectivity index (χ3n) is 6.88. The number of anilines is 1. The Kier molecular flexibility index (Phi) is 12.7. The summed E-state index contributed by atoms with van der Waals surface area (Å²) >= 11 is 15.9. The van der Waals surface area contributed by atoms with E-state index in [0.717, 1.165) is 22.7 Å². The minimum atomic E-state index is -4.24. The van der Waals surface area contributed by atoms with E-state index in [9.17, 15) is 18.0 Å². The first kappa shape index (κ1) is 34.7. The summed E-state index contributed by atoms with van der Waals surface area (Å²) in [4.78, 5) is 28.9. The normalized spacial score (nSPS) is 12.0. The van der Waals surface area contributed by atoms with Crippen molar-refractivity contribution in [3.8, 4) is 5.75 Å². The van der Waals surface area contributed by atoms with Crippen LogP contribution in [0.15, 0.2) is 70.0 Å². The van der Waals surface area contributed by atoms with E-state index < -0.39 is 28.5 Å². The lowest BCUT2D eigenvalue weighted by Crippen LogP contribution is -2.52. The van der Waals surface area contributed by atoms with Gasteiger partial charge in [-0.3, -0.25) is 13.9 Å². The van der Waals surface area contributed by atoms with Gasteiger partial charge in [-0.05, 0) is 83.7 Å². The average molecular weight is 714 g/mol. The minimum absolute atomic E-state index is 0.0234. The largest absolute Gasteiger partial charge is 0.496 e. The summed E-state index contributed by atoms with van der Waals surface area (Å²) in [6.07, 6.45) is 1.98. The highest BCUT2D eigenvalue weighted by molar-refractivity contribution is 9.10. The van der Waals surface area contributed by atoms with Crippen LogP contribution < -0.4 is 14.4 Å². The van der Waals surface area contributed by atoms with Crippen LogP contribution in [0.1, 0.15) is 44.2 Å². The van der Waals surface area contributed by atoms with Crippen molar-refractivity contribution in [1.29, 1.82) is 0 Å². The Balaban J connectivity index is 2.08. The molecule has 3 aromatic rings. The van der Waals surface area contributed by atoms with Crippen molar-refractivity contribution < 1.29 is 22.7 Å². The van der Waals surface area contributed by atoms with Crippen molar-refractivity contribution in [3.63, 3.8) is 0 Å². The number of nitrogens with one attached hydrogen (secondary N) is 1. The van der Waals surface area contributed by atoms with E-state index in [0.29, 0.717) is 44.5 Å². The molecule has 1 N–H and O–H groups in total. The Morgan fingerprint density at radius 3 is 2.30 bits per heavy atom. The molecule has 0 aliphatic heterocycles. The van der Waals surface area contributed by atoms with Gasteiger partial charge in [-0.15, -0.1) is 0 Å². The van der Waals surface area contributed by atoms with Crippen molar-refractivity contribution in [2.45, 2.75) is 57.5 Å². The number of methoxy groups -OCH3 is 1. The number of rotatable bonds is 14. The van der Waals surface area contributed by atoms with E-state index >= 15 is 0 Å². The van der Waals surface area contributed by atoms with Crippen LogP contribution in [0.3, 0.4) is 0 Å². The van der Waals surface area contributed by atoms with Crippen molar-refractivity contribution >= 4 is 66.7 Å². The number of sulfonamides is 1. The van der Waals surface area contributed by atoms with E-state index in [1.807, 2.05) is 13.8 Å². The monoisotopic (exact) mass is 711 g/mol. The molecule has 0 aliphatic rings. The number of halogens is 3. The Morgan fingerprint density at radius 1 is 1.02 bits per heavy atom. The second-order valence-corrected chi connectivity index (χ2v) is 13.5. The van der Waals surface area contributed by atoms with Crippen LogP contribution >= 0.6 is 39.1 Å². The third kappa shape index (κ3) is 8.88. The molecule has 0 saturated heterocycles. The van der Waals surface area contributed by atoms with Gasteiger partial charge in [0.05, 0.1) is 22.2 Å². The molecule has 0 heterocycles. The molecule has 8 nitrogen and oxygen atoms in total. The molecule has 0 saturated carbocycles. The standard InChI is InChI=1S/C31H36BrCl2N3O5S/c1-5-7-16-35-31(39)28(6-2)36(19-22-10-11-23(33)17-27(22)34)30(38)20-37(24-12-8-21(3)9-13-24)43(40,41)25-14-15-29(42-4)26(32)18-25/h8-15,17-18,28H,5-7,16,19-20H2,1-4H3,(H,35,39). The zero-order valence-electron chi connectivity index (χ0n) is 24.6. The minimum Gasteiger partial charge on any atom is -0.496 e. The summed E-state index contributed by atoms with van der Waals surface area (Å²) in [5.41, 5.74) is 1.80. The first-order valence-electron chi connectivity index (χ1n) is 13.9. The first-order valence-corrected chi connectivity index (χ1v) is 16.9. The topological polar surface area (TPSA) is 96.0 Å². The van der Waals surface area contributed by atoms with Gasteiger partial charge >= 0.3 is 0 Å². The summed E-state index contributed by atoms with van der Waals surface area (Å²) in [5.74, 6) is -0.429. The van der Waals surface area contributed by atoms with Gasteiger partial charge in [0.1, 0.15) is 18.3 Å². The first-order chi connectivity index (χ1) is 20.4. The zero-order valence-corrected chi connectivity index (χ0v) is 28.5. The van der Waals surface area contributed by atoms with Crippen LogP contribution in [-0.2, 0) is 26.2 Å². The summed E-state index contributed by atoms with van der Waals surface area (Å²) < 4.78 is 35.0. The smallest absolute Gasteiger partial charge is 0.264 e. The number of nitrogens with zero attached hydrogens (tertiary/aromatic N) is 2. The highest BCUT2D eigenvalue weighted by atomic mass is 79.9. The summed E-state index contributed by atoms with van der Waals surface area (Å²) in [6.45, 7) is 5.59. The number of aryl methyl sites for hydroxylation is 1. The highest BCUT2D eigenvalue weighted by Crippen LogP contribution is 2.31. The van der Waals surface area contributed by atoms with E-state index in [2.05, 4.69) is 21.2 Å². The number of ether oxygens (including phenoxy) is 1. The fraction of sp³-hybridized carbons (Fsp3) is 0.355. The van der Waals surface area contributed by atoms with E-state index in [1.54, 1.807) is 49.4 Å². The maximum atomic E-state index is 14.2. The second-order valence-electron chi connectivity index (χ2n) is 9.97. The Bertz CT molecular complexity index is 1540. The van der Waals surface area contributed by atoms with Crippen LogP contribution in [0.5, 0.6) is 5.75 Å². The van der Waals surface area contributed by atoms with E-state index in [-0.39, 0.29) is 17.3 Å². The van der Waals surface area contributed by atoms with Gasteiger partial charge in [-0.2, -0.15) is 0 Å². The number of amides is 2. The summed E-state index contributed by atoms with van der Waals surface area (Å²) in [6, 6.07) is 15.3. The van der Waals surface area contributed by atoms with Crippen LogP contribution in [0.2, 0.25) is 10.0 Å². The van der Waals surface area contributed by atoms with Crippen molar-refractivity contribution in [1.82, 2.24) is 10.2 Å². The van der Waals surface area contributed by atoms with Crippen LogP contribution in [-0.4, -0.2) is 51.4 Å². The molecule has 2 amide bonds. The van der Waals surface area contributed by atoms with Crippen LogP contribution in [0.4, 0.5) is 5.69 Å².